The molecule has 2 aromatic rings. The van der Waals surface area contributed by atoms with Gasteiger partial charge in [0.2, 0.25) is 12.3 Å². The Balaban J connectivity index is 2.16. The number of unbranched alkanes of at least 4 members (excludes halogenated alkanes) is 2. The summed E-state index contributed by atoms with van der Waals surface area (Å²) in [5.74, 6) is -6.02. The van der Waals surface area contributed by atoms with E-state index in [1.165, 1.54) is 30.3 Å². The van der Waals surface area contributed by atoms with E-state index < -0.39 is 65.5 Å². The Morgan fingerprint density at radius 3 is 2.24 bits per heavy atom. The van der Waals surface area contributed by atoms with Gasteiger partial charge in [-0.05, 0) is 64.8 Å². The molecule has 0 radical (unpaired) electrons. The van der Waals surface area contributed by atoms with Crippen molar-refractivity contribution in [2.75, 3.05) is 13.3 Å². The second kappa shape index (κ2) is 19.7. The van der Waals surface area contributed by atoms with E-state index in [0.29, 0.717) is 31.2 Å². The van der Waals surface area contributed by atoms with Crippen LogP contribution in [0.4, 0.5) is 0 Å². The molecular formula is C35H48N4O12. The number of benzene rings is 1. The molecule has 0 aliphatic rings. The van der Waals surface area contributed by atoms with Crippen molar-refractivity contribution in [3.63, 3.8) is 0 Å². The number of furan rings is 1. The molecule has 0 aliphatic carbocycles. The van der Waals surface area contributed by atoms with E-state index >= 15 is 0 Å². The van der Waals surface area contributed by atoms with Crippen molar-refractivity contribution in [1.82, 2.24) is 21.0 Å². The standard InChI is InChI=1S/C35H48N4O12/c1-7-10-11-12-22(25(8-2)39(20-40)51-34(48)35(4,5)6)30(43)36-19-37-32(45)27-16-15-26(50-27)21-13-14-23(28(17-21)49-9-3)31(44)38-24(33(46)47)18-29(41)42/h13-17,20,22,24-25H,7-12,18-19H2,1-6H3,(H,36,43)(H,37,45)(H,38,44)(H,41,42)(H,46,47)/t22?,24?,25-/m1/s1. The van der Waals surface area contributed by atoms with E-state index in [9.17, 15) is 38.7 Å². The number of nitrogens with zero attached hydrogens (tertiary/aromatic N) is 1. The van der Waals surface area contributed by atoms with Gasteiger partial charge in [0, 0.05) is 5.56 Å². The van der Waals surface area contributed by atoms with E-state index in [1.54, 1.807) is 34.6 Å². The summed E-state index contributed by atoms with van der Waals surface area (Å²) in [4.78, 5) is 91.4. The van der Waals surface area contributed by atoms with Gasteiger partial charge in [-0.2, -0.15) is 5.06 Å². The molecule has 0 bridgehead atoms. The van der Waals surface area contributed by atoms with Gasteiger partial charge in [-0.3, -0.25) is 24.0 Å². The Morgan fingerprint density at radius 2 is 1.67 bits per heavy atom. The van der Waals surface area contributed by atoms with Crippen LogP contribution in [0.25, 0.3) is 11.3 Å². The van der Waals surface area contributed by atoms with Gasteiger partial charge in [0.25, 0.3) is 11.8 Å². The molecular weight excluding hydrogens is 668 g/mol. The molecule has 0 saturated carbocycles. The fourth-order valence-electron chi connectivity index (χ4n) is 4.95. The number of hydrogen-bond donors (Lipinski definition) is 5. The van der Waals surface area contributed by atoms with E-state index in [0.717, 1.165) is 17.9 Å². The molecule has 4 amide bonds. The highest BCUT2D eigenvalue weighted by molar-refractivity contribution is 6.00. The molecule has 1 aromatic carbocycles. The van der Waals surface area contributed by atoms with Crippen molar-refractivity contribution in [3.8, 4) is 17.1 Å². The van der Waals surface area contributed by atoms with Crippen molar-refractivity contribution < 1.29 is 57.8 Å². The minimum absolute atomic E-state index is 0.0422. The van der Waals surface area contributed by atoms with Crippen LogP contribution in [-0.4, -0.2) is 82.7 Å². The maximum absolute atomic E-state index is 13.4. The summed E-state index contributed by atoms with van der Waals surface area (Å²) in [5, 5.41) is 26.6. The van der Waals surface area contributed by atoms with E-state index in [2.05, 4.69) is 16.0 Å². The molecule has 280 valence electrons. The first-order chi connectivity index (χ1) is 24.1. The second-order valence-electron chi connectivity index (χ2n) is 12.7. The van der Waals surface area contributed by atoms with Crippen LogP contribution in [0.2, 0.25) is 0 Å². The topological polar surface area (TPSA) is 231 Å². The summed E-state index contributed by atoms with van der Waals surface area (Å²) >= 11 is 0. The molecule has 51 heavy (non-hydrogen) atoms. The Morgan fingerprint density at radius 1 is 0.961 bits per heavy atom. The number of aliphatic carboxylic acids is 2. The Bertz CT molecular complexity index is 1550. The highest BCUT2D eigenvalue weighted by atomic mass is 16.7. The van der Waals surface area contributed by atoms with Crippen LogP contribution in [-0.2, 0) is 28.8 Å². The summed E-state index contributed by atoms with van der Waals surface area (Å²) in [6, 6.07) is 4.80. The number of carbonyl (C=O) groups excluding carboxylic acids is 5. The van der Waals surface area contributed by atoms with Gasteiger partial charge in [-0.15, -0.1) is 0 Å². The predicted octanol–water partition coefficient (Wildman–Crippen LogP) is 3.74. The van der Waals surface area contributed by atoms with Crippen LogP contribution in [0.15, 0.2) is 34.7 Å². The third-order valence-electron chi connectivity index (χ3n) is 7.70. The lowest BCUT2D eigenvalue weighted by molar-refractivity contribution is -0.211. The van der Waals surface area contributed by atoms with Crippen LogP contribution >= 0.6 is 0 Å². The first kappa shape index (κ1) is 41.8. The first-order valence-corrected chi connectivity index (χ1v) is 16.7. The number of carboxylic acid groups (broad SMARTS) is 2. The second-order valence-corrected chi connectivity index (χ2v) is 12.7. The number of hydrogen-bond acceptors (Lipinski definition) is 10. The first-order valence-electron chi connectivity index (χ1n) is 16.7. The van der Waals surface area contributed by atoms with E-state index in [1.807, 2.05) is 6.92 Å². The highest BCUT2D eigenvalue weighted by Gasteiger charge is 2.35. The third-order valence-corrected chi connectivity index (χ3v) is 7.70. The predicted molar refractivity (Wildman–Crippen MR) is 182 cm³/mol. The molecule has 1 aromatic heterocycles. The lowest BCUT2D eigenvalue weighted by atomic mass is 9.90. The molecule has 2 unspecified atom stereocenters. The summed E-state index contributed by atoms with van der Waals surface area (Å²) in [6.07, 6.45) is 2.75. The number of hydroxylamine groups is 2. The minimum Gasteiger partial charge on any atom is -0.493 e. The van der Waals surface area contributed by atoms with Crippen LogP contribution < -0.4 is 20.7 Å². The van der Waals surface area contributed by atoms with Crippen molar-refractivity contribution >= 4 is 42.0 Å². The smallest absolute Gasteiger partial charge is 0.337 e. The Hall–Kier alpha value is -5.41. The van der Waals surface area contributed by atoms with Gasteiger partial charge in [-0.1, -0.05) is 39.2 Å². The molecule has 1 heterocycles. The molecule has 0 aliphatic heterocycles. The molecule has 3 atom stereocenters. The average molecular weight is 717 g/mol. The molecule has 5 N–H and O–H groups in total. The molecule has 0 saturated heterocycles. The molecule has 16 heteroatoms. The lowest BCUT2D eigenvalue weighted by Gasteiger charge is -2.33. The van der Waals surface area contributed by atoms with Gasteiger partial charge < -0.3 is 40.2 Å². The zero-order valence-corrected chi connectivity index (χ0v) is 29.8. The van der Waals surface area contributed by atoms with Crippen LogP contribution in [0.5, 0.6) is 5.75 Å². The van der Waals surface area contributed by atoms with Crippen molar-refractivity contribution in [2.24, 2.45) is 11.3 Å². The van der Waals surface area contributed by atoms with Gasteiger partial charge in [-0.25, -0.2) is 9.59 Å². The number of carbonyl (C=O) groups is 7. The minimum atomic E-state index is -1.66. The monoisotopic (exact) mass is 716 g/mol. The maximum Gasteiger partial charge on any atom is 0.337 e. The number of carboxylic acids is 2. The number of rotatable bonds is 21. The summed E-state index contributed by atoms with van der Waals surface area (Å²) in [5.41, 5.74) is -0.506. The van der Waals surface area contributed by atoms with Gasteiger partial charge >= 0.3 is 17.9 Å². The van der Waals surface area contributed by atoms with Crippen molar-refractivity contribution in [2.45, 2.75) is 92.2 Å². The quantitative estimate of drug-likeness (QED) is 0.0538. The third kappa shape index (κ3) is 12.5. The normalized spacial score (nSPS) is 12.8. The zero-order chi connectivity index (χ0) is 38.3. The average Bonchev–Trinajstić information content (AvgIpc) is 3.57. The number of ether oxygens (including phenoxy) is 1. The van der Waals surface area contributed by atoms with Crippen molar-refractivity contribution in [1.29, 1.82) is 0 Å². The maximum atomic E-state index is 13.4. The largest absolute Gasteiger partial charge is 0.493 e. The zero-order valence-electron chi connectivity index (χ0n) is 29.8. The lowest BCUT2D eigenvalue weighted by Crippen LogP contribution is -2.49. The summed E-state index contributed by atoms with van der Waals surface area (Å²) in [6.45, 7) is 10.3. The van der Waals surface area contributed by atoms with Crippen LogP contribution in [0, 0.1) is 11.3 Å². The van der Waals surface area contributed by atoms with Gasteiger partial charge in [0.05, 0.1) is 42.6 Å². The van der Waals surface area contributed by atoms with Gasteiger partial charge in [0.15, 0.2) is 5.76 Å². The number of amides is 4. The SMILES string of the molecule is CCCCCC(C(=O)NCNC(=O)c1ccc(-c2ccc(C(=O)NC(CC(=O)O)C(=O)O)c(OCC)c2)o1)[C@@H](CC)N(C=O)OC(=O)C(C)(C)C. The Labute approximate surface area is 296 Å². The Kier molecular flexibility index (Phi) is 16.1. The van der Waals surface area contributed by atoms with E-state index in [4.69, 9.17) is 19.1 Å². The van der Waals surface area contributed by atoms with E-state index in [-0.39, 0.29) is 36.1 Å². The van der Waals surface area contributed by atoms with Crippen molar-refractivity contribution in [3.05, 3.63) is 41.7 Å². The molecule has 0 spiro atoms. The molecule has 2 rings (SSSR count). The highest BCUT2D eigenvalue weighted by Crippen LogP contribution is 2.29. The van der Waals surface area contributed by atoms with Crippen LogP contribution in [0.1, 0.15) is 101 Å². The fraction of sp³-hybridized carbons (Fsp3) is 0.514. The fourth-order valence-corrected chi connectivity index (χ4v) is 4.95. The van der Waals surface area contributed by atoms with Crippen LogP contribution in [0.3, 0.4) is 0 Å². The molecule has 0 fully saturated rings. The number of nitrogens with one attached hydrogen (secondary N) is 3. The summed E-state index contributed by atoms with van der Waals surface area (Å²) < 4.78 is 11.3. The summed E-state index contributed by atoms with van der Waals surface area (Å²) in [7, 11) is 0. The van der Waals surface area contributed by atoms with Gasteiger partial charge in [0.1, 0.15) is 17.6 Å². The molecule has 16 nitrogen and oxygen atoms in total.